The number of aromatic nitrogens is 1. The molecule has 0 saturated heterocycles. The van der Waals surface area contributed by atoms with Crippen molar-refractivity contribution in [2.45, 2.75) is 11.9 Å². The summed E-state index contributed by atoms with van der Waals surface area (Å²) in [6.45, 7) is 1.89. The second-order valence-electron chi connectivity index (χ2n) is 3.76. The molecule has 0 fully saturated rings. The first-order valence-corrected chi connectivity index (χ1v) is 6.67. The molecule has 0 unspecified atom stereocenters. The van der Waals surface area contributed by atoms with Gasteiger partial charge in [-0.1, -0.05) is 17.7 Å². The van der Waals surface area contributed by atoms with E-state index in [0.717, 1.165) is 11.6 Å². The van der Waals surface area contributed by atoms with Gasteiger partial charge in [0.2, 0.25) is 5.03 Å². The van der Waals surface area contributed by atoms with Crippen LogP contribution in [0.15, 0.2) is 47.6 Å². The van der Waals surface area contributed by atoms with E-state index in [4.69, 9.17) is 0 Å². The number of rotatable bonds is 3. The van der Waals surface area contributed by atoms with E-state index in [9.17, 15) is 12.8 Å². The van der Waals surface area contributed by atoms with Crippen LogP contribution in [0.4, 0.5) is 10.1 Å². The molecule has 0 aliphatic rings. The van der Waals surface area contributed by atoms with Gasteiger partial charge in [-0.05, 0) is 31.2 Å². The van der Waals surface area contributed by atoms with Gasteiger partial charge in [-0.3, -0.25) is 4.72 Å². The molecule has 2 rings (SSSR count). The van der Waals surface area contributed by atoms with Crippen molar-refractivity contribution >= 4 is 15.7 Å². The van der Waals surface area contributed by atoms with Gasteiger partial charge in [-0.2, -0.15) is 8.42 Å². The van der Waals surface area contributed by atoms with E-state index in [-0.39, 0.29) is 0 Å². The Hall–Kier alpha value is -1.95. The lowest BCUT2D eigenvalue weighted by atomic mass is 10.2. The molecule has 0 aliphatic carbocycles. The number of hydrogen-bond donors (Lipinski definition) is 1. The van der Waals surface area contributed by atoms with Gasteiger partial charge in [0.15, 0.2) is 5.82 Å². The molecule has 0 spiro atoms. The average molecular weight is 266 g/mol. The van der Waals surface area contributed by atoms with Crippen molar-refractivity contribution in [3.63, 3.8) is 0 Å². The lowest BCUT2D eigenvalue weighted by Crippen LogP contribution is -2.16. The van der Waals surface area contributed by atoms with Gasteiger partial charge in [-0.25, -0.2) is 9.37 Å². The molecule has 4 nitrogen and oxygen atoms in total. The topological polar surface area (TPSA) is 59.1 Å². The minimum Gasteiger partial charge on any atom is -0.278 e. The Balaban J connectivity index is 2.33. The number of aryl methyl sites for hydroxylation is 1. The summed E-state index contributed by atoms with van der Waals surface area (Å²) in [7, 11) is -3.99. The molecule has 0 bridgehead atoms. The molecule has 18 heavy (non-hydrogen) atoms. The molecular formula is C12H11FN2O2S. The summed E-state index contributed by atoms with van der Waals surface area (Å²) in [4.78, 5) is 3.54. The molecule has 0 amide bonds. The Morgan fingerprint density at radius 2 is 1.83 bits per heavy atom. The third-order valence-corrected chi connectivity index (χ3v) is 3.60. The Labute approximate surface area is 105 Å². The summed E-state index contributed by atoms with van der Waals surface area (Å²) in [5.41, 5.74) is 1.37. The SMILES string of the molecule is Cc1ccc(NS(=O)(=O)c2ncccc2F)cc1. The van der Waals surface area contributed by atoms with E-state index in [2.05, 4.69) is 9.71 Å². The van der Waals surface area contributed by atoms with E-state index >= 15 is 0 Å². The van der Waals surface area contributed by atoms with E-state index in [1.54, 1.807) is 24.3 Å². The van der Waals surface area contributed by atoms with Gasteiger partial charge < -0.3 is 0 Å². The Bertz CT molecular complexity index is 654. The third-order valence-electron chi connectivity index (χ3n) is 2.28. The lowest BCUT2D eigenvalue weighted by molar-refractivity contribution is 0.557. The molecule has 1 aromatic carbocycles. The highest BCUT2D eigenvalue weighted by molar-refractivity contribution is 7.92. The number of nitrogens with zero attached hydrogens (tertiary/aromatic N) is 1. The van der Waals surface area contributed by atoms with Crippen molar-refractivity contribution in [2.75, 3.05) is 4.72 Å². The minimum atomic E-state index is -3.99. The average Bonchev–Trinajstić information content (AvgIpc) is 2.32. The first kappa shape index (κ1) is 12.5. The summed E-state index contributed by atoms with van der Waals surface area (Å²) < 4.78 is 39.4. The normalized spacial score (nSPS) is 11.2. The molecule has 0 radical (unpaired) electrons. The van der Waals surface area contributed by atoms with Crippen molar-refractivity contribution in [1.29, 1.82) is 0 Å². The van der Waals surface area contributed by atoms with Crippen LogP contribution in [-0.4, -0.2) is 13.4 Å². The summed E-state index contributed by atoms with van der Waals surface area (Å²) in [6.07, 6.45) is 1.23. The third kappa shape index (κ3) is 2.65. The van der Waals surface area contributed by atoms with Crippen LogP contribution in [0, 0.1) is 12.7 Å². The second-order valence-corrected chi connectivity index (χ2v) is 5.36. The van der Waals surface area contributed by atoms with Crippen LogP contribution in [0.1, 0.15) is 5.56 Å². The maximum atomic E-state index is 13.4. The van der Waals surface area contributed by atoms with Crippen LogP contribution in [-0.2, 0) is 10.0 Å². The summed E-state index contributed by atoms with van der Waals surface area (Å²) in [5, 5.41) is -0.606. The quantitative estimate of drug-likeness (QED) is 0.927. The molecule has 1 N–H and O–H groups in total. The maximum absolute atomic E-state index is 13.4. The van der Waals surface area contributed by atoms with E-state index in [1.165, 1.54) is 12.3 Å². The molecule has 1 heterocycles. The Kier molecular flexibility index (Phi) is 3.29. The van der Waals surface area contributed by atoms with Crippen molar-refractivity contribution in [3.8, 4) is 0 Å². The predicted octanol–water partition coefficient (Wildman–Crippen LogP) is 2.33. The summed E-state index contributed by atoms with van der Waals surface area (Å²) in [6, 6.07) is 9.11. The number of anilines is 1. The van der Waals surface area contributed by atoms with Gasteiger partial charge in [0, 0.05) is 11.9 Å². The van der Waals surface area contributed by atoms with Crippen LogP contribution >= 0.6 is 0 Å². The summed E-state index contributed by atoms with van der Waals surface area (Å²) in [5.74, 6) is -0.878. The van der Waals surface area contributed by atoms with Crippen LogP contribution in [0.3, 0.4) is 0 Å². The van der Waals surface area contributed by atoms with E-state index in [1.807, 2.05) is 6.92 Å². The first-order chi connectivity index (χ1) is 8.49. The maximum Gasteiger partial charge on any atom is 0.282 e. The van der Waals surface area contributed by atoms with Crippen molar-refractivity contribution in [1.82, 2.24) is 4.98 Å². The largest absolute Gasteiger partial charge is 0.282 e. The van der Waals surface area contributed by atoms with Gasteiger partial charge in [0.25, 0.3) is 10.0 Å². The summed E-state index contributed by atoms with van der Waals surface area (Å²) >= 11 is 0. The van der Waals surface area contributed by atoms with E-state index < -0.39 is 20.9 Å². The van der Waals surface area contributed by atoms with Crippen LogP contribution in [0.5, 0.6) is 0 Å². The minimum absolute atomic E-state index is 0.366. The number of halogens is 1. The second kappa shape index (κ2) is 4.73. The predicted molar refractivity (Wildman–Crippen MR) is 66.2 cm³/mol. The highest BCUT2D eigenvalue weighted by Gasteiger charge is 2.20. The highest BCUT2D eigenvalue weighted by atomic mass is 32.2. The zero-order valence-electron chi connectivity index (χ0n) is 9.59. The number of hydrogen-bond acceptors (Lipinski definition) is 3. The zero-order chi connectivity index (χ0) is 13.2. The molecular weight excluding hydrogens is 255 g/mol. The zero-order valence-corrected chi connectivity index (χ0v) is 10.4. The van der Waals surface area contributed by atoms with Crippen molar-refractivity contribution in [2.24, 2.45) is 0 Å². The van der Waals surface area contributed by atoms with Crippen molar-refractivity contribution < 1.29 is 12.8 Å². The number of sulfonamides is 1. The smallest absolute Gasteiger partial charge is 0.278 e. The monoisotopic (exact) mass is 266 g/mol. The standard InChI is InChI=1S/C12H11FN2O2S/c1-9-4-6-10(7-5-9)15-18(16,17)12-11(13)3-2-8-14-12/h2-8,15H,1H3. The molecule has 1 aromatic heterocycles. The van der Waals surface area contributed by atoms with Gasteiger partial charge >= 0.3 is 0 Å². The van der Waals surface area contributed by atoms with Gasteiger partial charge in [0.05, 0.1) is 0 Å². The highest BCUT2D eigenvalue weighted by Crippen LogP contribution is 2.16. The fourth-order valence-corrected chi connectivity index (χ4v) is 2.46. The molecule has 0 atom stereocenters. The first-order valence-electron chi connectivity index (χ1n) is 5.19. The van der Waals surface area contributed by atoms with Gasteiger partial charge in [-0.15, -0.1) is 0 Å². The molecule has 6 heteroatoms. The number of nitrogens with one attached hydrogen (secondary N) is 1. The van der Waals surface area contributed by atoms with Gasteiger partial charge in [0.1, 0.15) is 0 Å². The molecule has 2 aromatic rings. The number of benzene rings is 1. The van der Waals surface area contributed by atoms with E-state index in [0.29, 0.717) is 5.69 Å². The Morgan fingerprint density at radius 1 is 1.17 bits per heavy atom. The fraction of sp³-hybridized carbons (Fsp3) is 0.0833. The fourth-order valence-electron chi connectivity index (χ4n) is 1.39. The molecule has 94 valence electrons. The van der Waals surface area contributed by atoms with Crippen molar-refractivity contribution in [3.05, 3.63) is 54.0 Å². The van der Waals surface area contributed by atoms with Crippen LogP contribution in [0.2, 0.25) is 0 Å². The Morgan fingerprint density at radius 3 is 2.44 bits per heavy atom. The molecule has 0 aliphatic heterocycles. The molecule has 0 saturated carbocycles. The lowest BCUT2D eigenvalue weighted by Gasteiger charge is -2.07. The number of pyridine rings is 1. The van der Waals surface area contributed by atoms with Crippen LogP contribution in [0.25, 0.3) is 0 Å². The van der Waals surface area contributed by atoms with Crippen LogP contribution < -0.4 is 4.72 Å².